The van der Waals surface area contributed by atoms with Gasteiger partial charge in [0, 0.05) is 36.5 Å². The highest BCUT2D eigenvalue weighted by Crippen LogP contribution is 2.16. The van der Waals surface area contributed by atoms with Gasteiger partial charge in [-0.05, 0) is 36.8 Å². The van der Waals surface area contributed by atoms with Gasteiger partial charge in [-0.3, -0.25) is 4.79 Å². The molecule has 2 aromatic carbocycles. The van der Waals surface area contributed by atoms with E-state index in [0.717, 1.165) is 23.4 Å². The van der Waals surface area contributed by atoms with Crippen LogP contribution in [0.5, 0.6) is 0 Å². The van der Waals surface area contributed by atoms with Gasteiger partial charge in [-0.25, -0.2) is 8.78 Å². The van der Waals surface area contributed by atoms with Crippen molar-refractivity contribution in [1.82, 2.24) is 5.32 Å². The molecular formula is C16H16F2N2O. The molecule has 0 radical (unpaired) electrons. The van der Waals surface area contributed by atoms with Crippen LogP contribution < -0.4 is 10.6 Å². The first-order valence-corrected chi connectivity index (χ1v) is 6.52. The van der Waals surface area contributed by atoms with Crippen LogP contribution in [0.2, 0.25) is 0 Å². The van der Waals surface area contributed by atoms with Gasteiger partial charge in [0.1, 0.15) is 11.6 Å². The number of hydrogen-bond acceptors (Lipinski definition) is 2. The molecular weight excluding hydrogens is 274 g/mol. The Morgan fingerprint density at radius 3 is 2.52 bits per heavy atom. The smallest absolute Gasteiger partial charge is 0.251 e. The van der Waals surface area contributed by atoms with Crippen LogP contribution >= 0.6 is 0 Å². The highest BCUT2D eigenvalue weighted by atomic mass is 19.1. The Bertz CT molecular complexity index is 671. The maximum atomic E-state index is 13.5. The van der Waals surface area contributed by atoms with Crippen LogP contribution in [0.25, 0.3) is 0 Å². The Balaban J connectivity index is 2.06. The number of nitrogens with one attached hydrogen (secondary N) is 2. The molecule has 110 valence electrons. The number of carbonyl (C=O) groups is 1. The Labute approximate surface area is 122 Å². The molecule has 0 aliphatic heterocycles. The topological polar surface area (TPSA) is 41.1 Å². The summed E-state index contributed by atoms with van der Waals surface area (Å²) in [5.41, 5.74) is 2.62. The average molecular weight is 290 g/mol. The van der Waals surface area contributed by atoms with Crippen LogP contribution in [0.1, 0.15) is 21.5 Å². The summed E-state index contributed by atoms with van der Waals surface area (Å²) in [6.45, 7) is 1.90. The van der Waals surface area contributed by atoms with Gasteiger partial charge in [0.2, 0.25) is 0 Å². The van der Waals surface area contributed by atoms with Crippen LogP contribution in [0, 0.1) is 18.6 Å². The number of aryl methyl sites for hydroxylation is 1. The molecule has 3 nitrogen and oxygen atoms in total. The van der Waals surface area contributed by atoms with Crippen molar-refractivity contribution < 1.29 is 13.6 Å². The molecule has 0 heterocycles. The lowest BCUT2D eigenvalue weighted by atomic mass is 10.1. The number of carbonyl (C=O) groups excluding carboxylic acids is 1. The summed E-state index contributed by atoms with van der Waals surface area (Å²) in [5.74, 6) is -1.61. The first-order chi connectivity index (χ1) is 10.0. The lowest BCUT2D eigenvalue weighted by molar-refractivity contribution is 0.0950. The predicted molar refractivity (Wildman–Crippen MR) is 78.3 cm³/mol. The fourth-order valence-electron chi connectivity index (χ4n) is 2.03. The molecule has 0 atom stereocenters. The first-order valence-electron chi connectivity index (χ1n) is 6.52. The van der Waals surface area contributed by atoms with Gasteiger partial charge in [0.05, 0.1) is 0 Å². The fraction of sp³-hybridized carbons (Fsp3) is 0.188. The van der Waals surface area contributed by atoms with E-state index in [1.54, 1.807) is 19.2 Å². The summed E-state index contributed by atoms with van der Waals surface area (Å²) in [7, 11) is 1.80. The third-order valence-corrected chi connectivity index (χ3v) is 3.21. The van der Waals surface area contributed by atoms with E-state index in [4.69, 9.17) is 0 Å². The molecule has 0 saturated carbocycles. The minimum Gasteiger partial charge on any atom is -0.388 e. The molecule has 0 unspecified atom stereocenters. The zero-order chi connectivity index (χ0) is 15.4. The van der Waals surface area contributed by atoms with Gasteiger partial charge >= 0.3 is 0 Å². The van der Waals surface area contributed by atoms with Gasteiger partial charge in [0.25, 0.3) is 5.91 Å². The van der Waals surface area contributed by atoms with Crippen molar-refractivity contribution in [3.63, 3.8) is 0 Å². The van der Waals surface area contributed by atoms with Crippen LogP contribution in [-0.4, -0.2) is 13.0 Å². The molecule has 0 aliphatic rings. The minimum absolute atomic E-state index is 0.0117. The standard InChI is InChI=1S/C16H16F2N2O/c1-10-7-11(4-6-15(10)19-2)16(21)20-9-12-3-5-13(17)8-14(12)18/h3-8,19H,9H2,1-2H3,(H,20,21). The quantitative estimate of drug-likeness (QED) is 0.907. The molecule has 0 spiro atoms. The molecule has 1 amide bonds. The van der Waals surface area contributed by atoms with Gasteiger partial charge in [-0.1, -0.05) is 6.07 Å². The lowest BCUT2D eigenvalue weighted by Gasteiger charge is -2.09. The fourth-order valence-corrected chi connectivity index (χ4v) is 2.03. The van der Waals surface area contributed by atoms with Gasteiger partial charge in [-0.2, -0.15) is 0 Å². The summed E-state index contributed by atoms with van der Waals surface area (Å²) in [6, 6.07) is 8.53. The normalized spacial score (nSPS) is 10.3. The van der Waals surface area contributed by atoms with Crippen LogP contribution in [0.3, 0.4) is 0 Å². The number of benzene rings is 2. The van der Waals surface area contributed by atoms with E-state index < -0.39 is 11.6 Å². The van der Waals surface area contributed by atoms with Crippen molar-refractivity contribution in [2.45, 2.75) is 13.5 Å². The third kappa shape index (κ3) is 3.56. The SMILES string of the molecule is CNc1ccc(C(=O)NCc2ccc(F)cc2F)cc1C. The molecule has 0 aliphatic carbocycles. The Hall–Kier alpha value is -2.43. The number of halogens is 2. The van der Waals surface area contributed by atoms with Crippen molar-refractivity contribution >= 4 is 11.6 Å². The van der Waals surface area contributed by atoms with Crippen molar-refractivity contribution in [3.8, 4) is 0 Å². The van der Waals surface area contributed by atoms with Crippen molar-refractivity contribution in [2.24, 2.45) is 0 Å². The van der Waals surface area contributed by atoms with E-state index in [2.05, 4.69) is 10.6 Å². The zero-order valence-corrected chi connectivity index (χ0v) is 11.8. The lowest BCUT2D eigenvalue weighted by Crippen LogP contribution is -2.23. The van der Waals surface area contributed by atoms with E-state index in [1.165, 1.54) is 6.07 Å². The molecule has 0 saturated heterocycles. The second-order valence-corrected chi connectivity index (χ2v) is 4.70. The van der Waals surface area contributed by atoms with Crippen LogP contribution in [0.15, 0.2) is 36.4 Å². The monoisotopic (exact) mass is 290 g/mol. The van der Waals surface area contributed by atoms with E-state index in [0.29, 0.717) is 5.56 Å². The number of amides is 1. The average Bonchev–Trinajstić information content (AvgIpc) is 2.46. The zero-order valence-electron chi connectivity index (χ0n) is 11.8. The second kappa shape index (κ2) is 6.35. The molecule has 2 N–H and O–H groups in total. The van der Waals surface area contributed by atoms with Crippen LogP contribution in [0.4, 0.5) is 14.5 Å². The minimum atomic E-state index is -0.669. The van der Waals surface area contributed by atoms with Crippen LogP contribution in [-0.2, 0) is 6.54 Å². The summed E-state index contributed by atoms with van der Waals surface area (Å²) >= 11 is 0. The van der Waals surface area contributed by atoms with E-state index in [1.807, 2.05) is 13.0 Å². The molecule has 2 aromatic rings. The Morgan fingerprint density at radius 1 is 1.14 bits per heavy atom. The summed E-state index contributed by atoms with van der Waals surface area (Å²) < 4.78 is 26.3. The van der Waals surface area contributed by atoms with E-state index in [-0.39, 0.29) is 18.0 Å². The highest BCUT2D eigenvalue weighted by Gasteiger charge is 2.09. The van der Waals surface area contributed by atoms with E-state index in [9.17, 15) is 13.6 Å². The Kier molecular flexibility index (Phi) is 4.52. The molecule has 0 aromatic heterocycles. The summed E-state index contributed by atoms with van der Waals surface area (Å²) in [5, 5.41) is 5.63. The largest absolute Gasteiger partial charge is 0.388 e. The van der Waals surface area contributed by atoms with Crippen molar-refractivity contribution in [2.75, 3.05) is 12.4 Å². The third-order valence-electron chi connectivity index (χ3n) is 3.21. The molecule has 0 bridgehead atoms. The summed E-state index contributed by atoms with van der Waals surface area (Å²) in [6.07, 6.45) is 0. The van der Waals surface area contributed by atoms with Gasteiger partial charge in [0.15, 0.2) is 0 Å². The van der Waals surface area contributed by atoms with Crippen molar-refractivity contribution in [1.29, 1.82) is 0 Å². The van der Waals surface area contributed by atoms with E-state index >= 15 is 0 Å². The second-order valence-electron chi connectivity index (χ2n) is 4.70. The molecule has 21 heavy (non-hydrogen) atoms. The number of anilines is 1. The summed E-state index contributed by atoms with van der Waals surface area (Å²) in [4.78, 5) is 12.0. The predicted octanol–water partition coefficient (Wildman–Crippen LogP) is 3.24. The van der Waals surface area contributed by atoms with Gasteiger partial charge < -0.3 is 10.6 Å². The number of hydrogen-bond donors (Lipinski definition) is 2. The maximum absolute atomic E-state index is 13.5. The molecule has 5 heteroatoms. The van der Waals surface area contributed by atoms with Crippen molar-refractivity contribution in [3.05, 3.63) is 64.7 Å². The Morgan fingerprint density at radius 2 is 1.90 bits per heavy atom. The maximum Gasteiger partial charge on any atom is 0.251 e. The molecule has 2 rings (SSSR count). The number of rotatable bonds is 4. The van der Waals surface area contributed by atoms with Gasteiger partial charge in [-0.15, -0.1) is 0 Å². The highest BCUT2D eigenvalue weighted by molar-refractivity contribution is 5.94. The first kappa shape index (κ1) is 15.0. The molecule has 0 fully saturated rings.